The lowest BCUT2D eigenvalue weighted by atomic mass is 9.86. The van der Waals surface area contributed by atoms with Gasteiger partial charge in [-0.15, -0.1) is 0 Å². The number of thioether (sulfide) groups is 1. The number of nitrogens with two attached hydrogens (primary N) is 1. The fourth-order valence-corrected chi connectivity index (χ4v) is 3.35. The van der Waals surface area contributed by atoms with Crippen LogP contribution in [0.5, 0.6) is 0 Å². The molecule has 1 atom stereocenters. The van der Waals surface area contributed by atoms with E-state index in [0.29, 0.717) is 6.04 Å². The van der Waals surface area contributed by atoms with Gasteiger partial charge in [0.15, 0.2) is 0 Å². The van der Waals surface area contributed by atoms with Gasteiger partial charge in [-0.05, 0) is 42.8 Å². The molecular weight excluding hydrogens is 268 g/mol. The van der Waals surface area contributed by atoms with Crippen LogP contribution in [0.3, 0.4) is 0 Å². The number of rotatable bonds is 9. The van der Waals surface area contributed by atoms with Gasteiger partial charge >= 0.3 is 0 Å². The number of amides is 1. The second-order valence-electron chi connectivity index (χ2n) is 5.42. The van der Waals surface area contributed by atoms with E-state index >= 15 is 0 Å². The lowest BCUT2D eigenvalue weighted by Crippen LogP contribution is -2.54. The van der Waals surface area contributed by atoms with Crippen LogP contribution in [-0.2, 0) is 10.3 Å². The van der Waals surface area contributed by atoms with Gasteiger partial charge in [0, 0.05) is 6.04 Å². The quantitative estimate of drug-likeness (QED) is 0.688. The van der Waals surface area contributed by atoms with Gasteiger partial charge < -0.3 is 5.73 Å². The zero-order chi connectivity index (χ0) is 14.4. The van der Waals surface area contributed by atoms with Crippen LogP contribution in [0.4, 0.5) is 0 Å². The number of carbonyl (C=O) groups is 1. The predicted octanol–water partition coefficient (Wildman–Crippen LogP) is 2.65. The molecule has 0 saturated heterocycles. The van der Waals surface area contributed by atoms with E-state index in [1.54, 1.807) is 0 Å². The third-order valence-corrected chi connectivity index (χ3v) is 4.87. The van der Waals surface area contributed by atoms with Crippen molar-refractivity contribution in [2.75, 3.05) is 11.5 Å². The number of benzene rings is 1. The van der Waals surface area contributed by atoms with Crippen LogP contribution in [-0.4, -0.2) is 23.5 Å². The van der Waals surface area contributed by atoms with Crippen LogP contribution >= 0.6 is 11.8 Å². The number of carbonyl (C=O) groups excluding carboxylic acids is 1. The van der Waals surface area contributed by atoms with E-state index < -0.39 is 5.54 Å². The summed E-state index contributed by atoms with van der Waals surface area (Å²) in [4.78, 5) is 12.2. The van der Waals surface area contributed by atoms with Crippen LogP contribution in [0.15, 0.2) is 30.3 Å². The summed E-state index contributed by atoms with van der Waals surface area (Å²) in [7, 11) is 0. The fourth-order valence-electron chi connectivity index (χ4n) is 2.41. The van der Waals surface area contributed by atoms with Gasteiger partial charge in [0.25, 0.3) is 0 Å². The predicted molar refractivity (Wildman–Crippen MR) is 85.7 cm³/mol. The molecule has 0 spiro atoms. The Hall–Kier alpha value is -1.00. The van der Waals surface area contributed by atoms with E-state index in [0.717, 1.165) is 42.8 Å². The molecule has 1 fully saturated rings. The Kier molecular flexibility index (Phi) is 5.49. The van der Waals surface area contributed by atoms with Crippen LogP contribution in [0, 0.1) is 0 Å². The summed E-state index contributed by atoms with van der Waals surface area (Å²) in [5, 5.41) is 3.51. The third kappa shape index (κ3) is 3.76. The lowest BCUT2D eigenvalue weighted by molar-refractivity contribution is -0.125. The van der Waals surface area contributed by atoms with Gasteiger partial charge in [0.2, 0.25) is 5.91 Å². The highest BCUT2D eigenvalue weighted by Crippen LogP contribution is 2.32. The van der Waals surface area contributed by atoms with Crippen molar-refractivity contribution in [2.24, 2.45) is 5.73 Å². The van der Waals surface area contributed by atoms with Crippen molar-refractivity contribution in [3.63, 3.8) is 0 Å². The topological polar surface area (TPSA) is 55.1 Å². The van der Waals surface area contributed by atoms with Crippen molar-refractivity contribution in [3.05, 3.63) is 35.9 Å². The number of hydrogen-bond acceptors (Lipinski definition) is 3. The van der Waals surface area contributed by atoms with Crippen LogP contribution in [0.1, 0.15) is 38.2 Å². The van der Waals surface area contributed by atoms with Gasteiger partial charge in [0.1, 0.15) is 5.54 Å². The molecule has 3 nitrogen and oxygen atoms in total. The first-order valence-electron chi connectivity index (χ1n) is 7.40. The number of primary amides is 1. The van der Waals surface area contributed by atoms with Gasteiger partial charge in [0.05, 0.1) is 0 Å². The van der Waals surface area contributed by atoms with E-state index in [9.17, 15) is 4.79 Å². The molecule has 1 amide bonds. The highest BCUT2D eigenvalue weighted by atomic mass is 32.2. The van der Waals surface area contributed by atoms with Gasteiger partial charge in [-0.3, -0.25) is 10.1 Å². The van der Waals surface area contributed by atoms with Crippen molar-refractivity contribution in [1.29, 1.82) is 0 Å². The van der Waals surface area contributed by atoms with Crippen molar-refractivity contribution < 1.29 is 4.79 Å². The van der Waals surface area contributed by atoms with Crippen LogP contribution in [0.2, 0.25) is 0 Å². The summed E-state index contributed by atoms with van der Waals surface area (Å²) < 4.78 is 0. The molecule has 0 radical (unpaired) electrons. The Balaban J connectivity index is 2.17. The summed E-state index contributed by atoms with van der Waals surface area (Å²) in [6, 6.07) is 10.4. The Labute approximate surface area is 125 Å². The molecule has 1 aromatic rings. The molecule has 110 valence electrons. The maximum atomic E-state index is 12.2. The minimum atomic E-state index is -0.705. The van der Waals surface area contributed by atoms with E-state index in [1.807, 2.05) is 42.1 Å². The minimum Gasteiger partial charge on any atom is -0.368 e. The van der Waals surface area contributed by atoms with Crippen LogP contribution in [0.25, 0.3) is 0 Å². The number of nitrogens with one attached hydrogen (secondary N) is 1. The van der Waals surface area contributed by atoms with Crippen molar-refractivity contribution in [3.8, 4) is 0 Å². The summed E-state index contributed by atoms with van der Waals surface area (Å²) in [6.07, 6.45) is 4.21. The molecular formula is C16H24N2OS. The minimum absolute atomic E-state index is 0.257. The van der Waals surface area contributed by atoms with Crippen molar-refractivity contribution in [2.45, 2.75) is 44.2 Å². The van der Waals surface area contributed by atoms with Crippen molar-refractivity contribution >= 4 is 17.7 Å². The van der Waals surface area contributed by atoms with Gasteiger partial charge in [-0.25, -0.2) is 0 Å². The molecule has 1 unspecified atom stereocenters. The molecule has 0 heterocycles. The monoisotopic (exact) mass is 292 g/mol. The van der Waals surface area contributed by atoms with E-state index in [1.165, 1.54) is 0 Å². The average Bonchev–Trinajstić information content (AvgIpc) is 3.27. The molecule has 4 heteroatoms. The Morgan fingerprint density at radius 1 is 1.35 bits per heavy atom. The van der Waals surface area contributed by atoms with Gasteiger partial charge in [-0.1, -0.05) is 37.3 Å². The van der Waals surface area contributed by atoms with E-state index in [-0.39, 0.29) is 5.91 Å². The summed E-state index contributed by atoms with van der Waals surface area (Å²) in [5.74, 6) is 1.83. The van der Waals surface area contributed by atoms with Gasteiger partial charge in [-0.2, -0.15) is 11.8 Å². The molecule has 0 aliphatic heterocycles. The fraction of sp³-hybridized carbons (Fsp3) is 0.562. The highest BCUT2D eigenvalue weighted by molar-refractivity contribution is 7.99. The van der Waals surface area contributed by atoms with E-state index in [2.05, 4.69) is 12.2 Å². The standard InChI is InChI=1S/C16H24N2OS/c1-2-11-20-12-10-16(15(17)19,18-14-8-9-14)13-6-4-3-5-7-13/h3-7,14,18H,2,8-12H2,1H3,(H2,17,19). The maximum absolute atomic E-state index is 12.2. The summed E-state index contributed by atoms with van der Waals surface area (Å²) >= 11 is 1.89. The lowest BCUT2D eigenvalue weighted by Gasteiger charge is -2.32. The van der Waals surface area contributed by atoms with Crippen molar-refractivity contribution in [1.82, 2.24) is 5.32 Å². The zero-order valence-corrected chi connectivity index (χ0v) is 12.9. The first-order valence-corrected chi connectivity index (χ1v) is 8.55. The van der Waals surface area contributed by atoms with E-state index in [4.69, 9.17) is 5.73 Å². The molecule has 2 rings (SSSR count). The Morgan fingerprint density at radius 3 is 2.60 bits per heavy atom. The maximum Gasteiger partial charge on any atom is 0.242 e. The first kappa shape index (κ1) is 15.4. The molecule has 1 aromatic carbocycles. The number of hydrogen-bond donors (Lipinski definition) is 2. The molecule has 1 aliphatic carbocycles. The molecule has 3 N–H and O–H groups in total. The molecule has 20 heavy (non-hydrogen) atoms. The highest BCUT2D eigenvalue weighted by Gasteiger charge is 2.42. The smallest absolute Gasteiger partial charge is 0.242 e. The second kappa shape index (κ2) is 7.14. The summed E-state index contributed by atoms with van der Waals surface area (Å²) in [5.41, 5.74) is 6.08. The zero-order valence-electron chi connectivity index (χ0n) is 12.1. The normalized spacial score (nSPS) is 17.6. The average molecular weight is 292 g/mol. The SMILES string of the molecule is CCCSCCC(NC1CC1)(C(N)=O)c1ccccc1. The third-order valence-electron chi connectivity index (χ3n) is 3.68. The molecule has 1 aliphatic rings. The largest absolute Gasteiger partial charge is 0.368 e. The second-order valence-corrected chi connectivity index (χ2v) is 6.64. The van der Waals surface area contributed by atoms with Crippen LogP contribution < -0.4 is 11.1 Å². The molecule has 1 saturated carbocycles. The summed E-state index contributed by atoms with van der Waals surface area (Å²) in [6.45, 7) is 2.17. The molecule has 0 bridgehead atoms. The Morgan fingerprint density at radius 2 is 2.05 bits per heavy atom. The molecule has 0 aromatic heterocycles. The first-order chi connectivity index (χ1) is 9.69. The Bertz CT molecular complexity index is 433.